The first-order valence-electron chi connectivity index (χ1n) is 6.72. The molecule has 5 heteroatoms. The molecule has 0 amide bonds. The Balaban J connectivity index is 2.09. The summed E-state index contributed by atoms with van der Waals surface area (Å²) in [6.45, 7) is 2.19. The maximum Gasteiger partial charge on any atom is 0.201 e. The topological polar surface area (TPSA) is 43.8 Å². The summed E-state index contributed by atoms with van der Waals surface area (Å²) in [7, 11) is 0. The van der Waals surface area contributed by atoms with E-state index in [0.29, 0.717) is 22.0 Å². The van der Waals surface area contributed by atoms with Crippen molar-refractivity contribution in [2.45, 2.75) is 38.6 Å². The minimum absolute atomic E-state index is 0.398. The van der Waals surface area contributed by atoms with E-state index >= 15 is 0 Å². The molecule has 1 fully saturated rings. The molecule has 1 saturated carbocycles. The molecule has 0 spiro atoms. The van der Waals surface area contributed by atoms with Crippen molar-refractivity contribution in [1.82, 2.24) is 9.55 Å². The fourth-order valence-corrected chi connectivity index (χ4v) is 3.00. The Bertz CT molecular complexity index is 617. The van der Waals surface area contributed by atoms with E-state index in [1.165, 1.54) is 19.3 Å². The number of benzene rings is 1. The van der Waals surface area contributed by atoms with Gasteiger partial charge in [0.2, 0.25) is 5.95 Å². The molecule has 2 aromatic rings. The van der Waals surface area contributed by atoms with Crippen LogP contribution in [0.25, 0.3) is 11.0 Å². The van der Waals surface area contributed by atoms with Crippen molar-refractivity contribution in [2.75, 3.05) is 5.73 Å². The fraction of sp³-hybridized carbons (Fsp3) is 0.500. The first-order valence-corrected chi connectivity index (χ1v) is 7.48. The highest BCUT2D eigenvalue weighted by Crippen LogP contribution is 2.40. The Hall–Kier alpha value is -0.930. The van der Waals surface area contributed by atoms with Gasteiger partial charge in [0, 0.05) is 6.04 Å². The van der Waals surface area contributed by atoms with Gasteiger partial charge in [-0.1, -0.05) is 43.0 Å². The summed E-state index contributed by atoms with van der Waals surface area (Å²) < 4.78 is 2.12. The molecule has 1 aromatic heterocycles. The molecule has 1 atom stereocenters. The van der Waals surface area contributed by atoms with Gasteiger partial charge in [0.25, 0.3) is 0 Å². The van der Waals surface area contributed by atoms with Gasteiger partial charge in [0.05, 0.1) is 21.1 Å². The number of hydrogen-bond donors (Lipinski definition) is 1. The minimum Gasteiger partial charge on any atom is -0.369 e. The predicted molar refractivity (Wildman–Crippen MR) is 80.8 cm³/mol. The molecule has 0 radical (unpaired) electrons. The zero-order chi connectivity index (χ0) is 13.6. The lowest BCUT2D eigenvalue weighted by Gasteiger charge is -2.19. The summed E-state index contributed by atoms with van der Waals surface area (Å²) in [4.78, 5) is 4.41. The quantitative estimate of drug-likeness (QED) is 0.891. The van der Waals surface area contributed by atoms with Crippen LogP contribution >= 0.6 is 23.2 Å². The van der Waals surface area contributed by atoms with Crippen LogP contribution in [0, 0.1) is 5.92 Å². The van der Waals surface area contributed by atoms with Crippen molar-refractivity contribution in [3.05, 3.63) is 22.2 Å². The van der Waals surface area contributed by atoms with E-state index in [1.807, 2.05) is 6.07 Å². The molecule has 1 heterocycles. The molecule has 3 rings (SSSR count). The van der Waals surface area contributed by atoms with Crippen LogP contribution in [-0.2, 0) is 0 Å². The van der Waals surface area contributed by atoms with Gasteiger partial charge in [-0.05, 0) is 30.9 Å². The lowest BCUT2D eigenvalue weighted by molar-refractivity contribution is 0.442. The van der Waals surface area contributed by atoms with Gasteiger partial charge < -0.3 is 10.3 Å². The monoisotopic (exact) mass is 297 g/mol. The second-order valence-corrected chi connectivity index (χ2v) is 6.15. The first-order chi connectivity index (χ1) is 9.10. The number of hydrogen-bond acceptors (Lipinski definition) is 2. The number of nitrogens with zero attached hydrogens (tertiary/aromatic N) is 2. The molecule has 1 aromatic carbocycles. The molecule has 2 N–H and O–H groups in total. The summed E-state index contributed by atoms with van der Waals surface area (Å²) in [6, 6.07) is 4.06. The van der Waals surface area contributed by atoms with Crippen molar-refractivity contribution in [1.29, 1.82) is 0 Å². The minimum atomic E-state index is 0.398. The smallest absolute Gasteiger partial charge is 0.201 e. The third kappa shape index (κ3) is 2.41. The molecule has 1 aliphatic rings. The van der Waals surface area contributed by atoms with Gasteiger partial charge in [-0.25, -0.2) is 4.98 Å². The van der Waals surface area contributed by atoms with E-state index in [4.69, 9.17) is 28.9 Å². The molecule has 0 aliphatic heterocycles. The molecular formula is C14H17Cl2N3. The molecule has 0 bridgehead atoms. The second kappa shape index (κ2) is 4.88. The zero-order valence-corrected chi connectivity index (χ0v) is 12.4. The van der Waals surface area contributed by atoms with Gasteiger partial charge >= 0.3 is 0 Å². The summed E-state index contributed by atoms with van der Waals surface area (Å²) >= 11 is 12.2. The molecule has 0 saturated heterocycles. The number of nitrogens with two attached hydrogens (primary N) is 1. The summed E-state index contributed by atoms with van der Waals surface area (Å²) in [6.07, 6.45) is 4.91. The third-order valence-corrected chi connectivity index (χ3v) is 4.62. The Morgan fingerprint density at radius 2 is 2.05 bits per heavy atom. The van der Waals surface area contributed by atoms with Crippen LogP contribution in [0.15, 0.2) is 12.1 Å². The van der Waals surface area contributed by atoms with Crippen LogP contribution in [0.4, 0.5) is 5.95 Å². The van der Waals surface area contributed by atoms with Crippen molar-refractivity contribution in [3.8, 4) is 0 Å². The molecule has 19 heavy (non-hydrogen) atoms. The van der Waals surface area contributed by atoms with Crippen LogP contribution in [0.3, 0.4) is 0 Å². The zero-order valence-electron chi connectivity index (χ0n) is 10.9. The number of anilines is 1. The number of imidazole rings is 1. The molecule has 102 valence electrons. The van der Waals surface area contributed by atoms with Crippen LogP contribution in [0.1, 0.15) is 38.6 Å². The Kier molecular flexibility index (Phi) is 3.35. The second-order valence-electron chi connectivity index (χ2n) is 5.34. The van der Waals surface area contributed by atoms with E-state index in [9.17, 15) is 0 Å². The van der Waals surface area contributed by atoms with Crippen molar-refractivity contribution >= 4 is 40.2 Å². The third-order valence-electron chi connectivity index (χ3n) is 3.90. The van der Waals surface area contributed by atoms with Crippen LogP contribution in [0.5, 0.6) is 0 Å². The summed E-state index contributed by atoms with van der Waals surface area (Å²) in [5.74, 6) is 1.41. The highest BCUT2D eigenvalue weighted by Gasteiger charge is 2.27. The Morgan fingerprint density at radius 3 is 2.68 bits per heavy atom. The summed E-state index contributed by atoms with van der Waals surface area (Å²) in [5.41, 5.74) is 7.90. The van der Waals surface area contributed by atoms with E-state index < -0.39 is 0 Å². The lowest BCUT2D eigenvalue weighted by Crippen LogP contribution is -2.12. The van der Waals surface area contributed by atoms with Crippen LogP contribution in [0.2, 0.25) is 10.0 Å². The van der Waals surface area contributed by atoms with Gasteiger partial charge in [-0.15, -0.1) is 0 Å². The highest BCUT2D eigenvalue weighted by atomic mass is 35.5. The van der Waals surface area contributed by atoms with Gasteiger partial charge in [0.15, 0.2) is 0 Å². The normalized spacial score (nSPS) is 17.0. The Morgan fingerprint density at radius 1 is 1.37 bits per heavy atom. The molecule has 3 nitrogen and oxygen atoms in total. The lowest BCUT2D eigenvalue weighted by atomic mass is 10.1. The largest absolute Gasteiger partial charge is 0.369 e. The van der Waals surface area contributed by atoms with Gasteiger partial charge in [-0.3, -0.25) is 0 Å². The number of fused-ring (bicyclic) bond motifs is 1. The van der Waals surface area contributed by atoms with Crippen molar-refractivity contribution in [3.63, 3.8) is 0 Å². The maximum atomic E-state index is 6.12. The summed E-state index contributed by atoms with van der Waals surface area (Å²) in [5, 5.41) is 1.07. The molecule has 1 aliphatic carbocycles. The van der Waals surface area contributed by atoms with Crippen LogP contribution < -0.4 is 5.73 Å². The fourth-order valence-electron chi connectivity index (χ4n) is 2.69. The van der Waals surface area contributed by atoms with E-state index in [1.54, 1.807) is 6.07 Å². The van der Waals surface area contributed by atoms with E-state index in [0.717, 1.165) is 23.4 Å². The van der Waals surface area contributed by atoms with E-state index in [2.05, 4.69) is 16.5 Å². The highest BCUT2D eigenvalue weighted by molar-refractivity contribution is 6.42. The molecular weight excluding hydrogens is 281 g/mol. The molecule has 1 unspecified atom stereocenters. The predicted octanol–water partition coefficient (Wildman–Crippen LogP) is 4.68. The van der Waals surface area contributed by atoms with Gasteiger partial charge in [-0.2, -0.15) is 0 Å². The number of halogens is 2. The average molecular weight is 298 g/mol. The maximum absolute atomic E-state index is 6.12. The average Bonchev–Trinajstić information content (AvgIpc) is 3.13. The van der Waals surface area contributed by atoms with Crippen molar-refractivity contribution < 1.29 is 0 Å². The van der Waals surface area contributed by atoms with Gasteiger partial charge in [0.1, 0.15) is 0 Å². The van der Waals surface area contributed by atoms with Crippen molar-refractivity contribution in [2.24, 2.45) is 5.92 Å². The Labute approximate surface area is 122 Å². The SMILES string of the molecule is CCC(CC1CC1)n1c(N)nc2cc(Cl)c(Cl)cc21. The standard InChI is InChI=1S/C14H17Cl2N3/c1-2-9(5-8-3-4-8)19-13-7-11(16)10(15)6-12(13)18-14(19)17/h6-9H,2-5H2,1H3,(H2,17,18). The number of aromatic nitrogens is 2. The van der Waals surface area contributed by atoms with Crippen LogP contribution in [-0.4, -0.2) is 9.55 Å². The first kappa shape index (κ1) is 13.1. The number of rotatable bonds is 4. The number of nitrogen functional groups attached to an aromatic ring is 1. The van der Waals surface area contributed by atoms with E-state index in [-0.39, 0.29) is 0 Å².